The average molecular weight is 414 g/mol. The number of anilines is 2. The molecular formula is C22H24FN3O2S. The van der Waals surface area contributed by atoms with Gasteiger partial charge in [0, 0.05) is 41.8 Å². The number of rotatable bonds is 4. The zero-order valence-electron chi connectivity index (χ0n) is 16.3. The number of nitrogens with zero attached hydrogens (tertiary/aromatic N) is 2. The quantitative estimate of drug-likeness (QED) is 0.704. The molecule has 3 aromatic rings. The smallest absolute Gasteiger partial charge is 0.262 e. The molecule has 0 saturated carbocycles. The lowest BCUT2D eigenvalue weighted by Gasteiger charge is -2.25. The number of benzene rings is 3. The first-order valence-electron chi connectivity index (χ1n) is 9.68. The Hall–Kier alpha value is -2.64. The van der Waals surface area contributed by atoms with Gasteiger partial charge in [-0.25, -0.2) is 12.8 Å². The maximum atomic E-state index is 13.1. The number of sulfonamides is 1. The lowest BCUT2D eigenvalue weighted by atomic mass is 10.1. The first-order valence-corrected chi connectivity index (χ1v) is 11.2. The van der Waals surface area contributed by atoms with Gasteiger partial charge in [0.1, 0.15) is 5.82 Å². The molecule has 0 spiro atoms. The Morgan fingerprint density at radius 1 is 0.862 bits per heavy atom. The molecule has 0 atom stereocenters. The van der Waals surface area contributed by atoms with Crippen molar-refractivity contribution < 1.29 is 12.8 Å². The molecule has 7 heteroatoms. The maximum absolute atomic E-state index is 13.1. The standard InChI is InChI=1S/C22H24FN3O2S/c1-25-13-4-14-26(16-15-25)21-11-12-22(20-6-3-2-5-19(20)21)29(27,28)24-18-9-7-17(23)8-10-18/h2-3,5-12,24H,4,13-16H2,1H3. The van der Waals surface area contributed by atoms with Crippen molar-refractivity contribution in [3.05, 3.63) is 66.5 Å². The van der Waals surface area contributed by atoms with Crippen molar-refractivity contribution in [1.82, 2.24) is 4.90 Å². The first kappa shape index (κ1) is 19.7. The van der Waals surface area contributed by atoms with Crippen LogP contribution in [0.5, 0.6) is 0 Å². The van der Waals surface area contributed by atoms with E-state index in [2.05, 4.69) is 21.6 Å². The molecule has 0 aliphatic carbocycles. The van der Waals surface area contributed by atoms with Crippen molar-refractivity contribution in [2.75, 3.05) is 42.8 Å². The van der Waals surface area contributed by atoms with Crippen LogP contribution in [0.3, 0.4) is 0 Å². The summed E-state index contributed by atoms with van der Waals surface area (Å²) in [5, 5.41) is 1.59. The highest BCUT2D eigenvalue weighted by atomic mass is 32.2. The van der Waals surface area contributed by atoms with E-state index >= 15 is 0 Å². The largest absolute Gasteiger partial charge is 0.370 e. The molecule has 1 fully saturated rings. The van der Waals surface area contributed by atoms with E-state index in [4.69, 9.17) is 0 Å². The summed E-state index contributed by atoms with van der Waals surface area (Å²) in [6.45, 7) is 3.87. The summed E-state index contributed by atoms with van der Waals surface area (Å²) < 4.78 is 41.8. The van der Waals surface area contributed by atoms with Crippen molar-refractivity contribution in [3.63, 3.8) is 0 Å². The summed E-state index contributed by atoms with van der Waals surface area (Å²) in [7, 11) is -1.69. The first-order chi connectivity index (χ1) is 13.9. The molecule has 152 valence electrons. The van der Waals surface area contributed by atoms with Crippen LogP contribution in [0, 0.1) is 5.82 Å². The number of likely N-dealkylation sites (N-methyl/N-ethyl adjacent to an activating group) is 1. The Labute approximate surface area is 170 Å². The van der Waals surface area contributed by atoms with E-state index in [1.165, 1.54) is 24.3 Å². The van der Waals surface area contributed by atoms with Crippen molar-refractivity contribution >= 4 is 32.2 Å². The van der Waals surface area contributed by atoms with Crippen molar-refractivity contribution in [1.29, 1.82) is 0 Å². The third-order valence-corrected chi connectivity index (χ3v) is 6.75. The minimum absolute atomic E-state index is 0.216. The van der Waals surface area contributed by atoms with Crippen LogP contribution in [0.15, 0.2) is 65.6 Å². The van der Waals surface area contributed by atoms with Crippen LogP contribution < -0.4 is 9.62 Å². The molecule has 1 aliphatic heterocycles. The summed E-state index contributed by atoms with van der Waals surface area (Å²) >= 11 is 0. The minimum Gasteiger partial charge on any atom is -0.370 e. The summed E-state index contributed by atoms with van der Waals surface area (Å²) in [6.07, 6.45) is 1.07. The predicted molar refractivity (Wildman–Crippen MR) is 115 cm³/mol. The molecule has 0 amide bonds. The van der Waals surface area contributed by atoms with Gasteiger partial charge in [0.15, 0.2) is 0 Å². The molecule has 0 bridgehead atoms. The lowest BCUT2D eigenvalue weighted by Crippen LogP contribution is -2.29. The van der Waals surface area contributed by atoms with Crippen LogP contribution in [-0.2, 0) is 10.0 Å². The zero-order valence-corrected chi connectivity index (χ0v) is 17.1. The summed E-state index contributed by atoms with van der Waals surface area (Å²) in [6, 6.07) is 16.4. The highest BCUT2D eigenvalue weighted by Crippen LogP contribution is 2.33. The van der Waals surface area contributed by atoms with Crippen molar-refractivity contribution in [3.8, 4) is 0 Å². The molecule has 29 heavy (non-hydrogen) atoms. The van der Waals surface area contributed by atoms with Gasteiger partial charge in [0.2, 0.25) is 0 Å². The number of hydrogen-bond donors (Lipinski definition) is 1. The monoisotopic (exact) mass is 413 g/mol. The molecule has 1 saturated heterocycles. The Morgan fingerprint density at radius 3 is 2.34 bits per heavy atom. The van der Waals surface area contributed by atoms with Crippen molar-refractivity contribution in [2.24, 2.45) is 0 Å². The van der Waals surface area contributed by atoms with E-state index in [-0.39, 0.29) is 4.90 Å². The van der Waals surface area contributed by atoms with Crippen LogP contribution in [0.2, 0.25) is 0 Å². The molecule has 1 heterocycles. The van der Waals surface area contributed by atoms with Gasteiger partial charge in [-0.3, -0.25) is 4.72 Å². The second-order valence-corrected chi connectivity index (χ2v) is 9.04. The van der Waals surface area contributed by atoms with Gasteiger partial charge >= 0.3 is 0 Å². The highest BCUT2D eigenvalue weighted by molar-refractivity contribution is 7.93. The van der Waals surface area contributed by atoms with Crippen LogP contribution in [-0.4, -0.2) is 46.5 Å². The van der Waals surface area contributed by atoms with Gasteiger partial charge in [-0.1, -0.05) is 24.3 Å². The molecule has 3 aromatic carbocycles. The van der Waals surface area contributed by atoms with E-state index in [0.29, 0.717) is 11.1 Å². The Kier molecular flexibility index (Phi) is 5.43. The normalized spacial score (nSPS) is 16.0. The minimum atomic E-state index is -3.82. The van der Waals surface area contributed by atoms with E-state index in [1.54, 1.807) is 6.07 Å². The third-order valence-electron chi connectivity index (χ3n) is 5.31. The predicted octanol–water partition coefficient (Wildman–Crippen LogP) is 3.92. The number of hydrogen-bond acceptors (Lipinski definition) is 4. The van der Waals surface area contributed by atoms with Crippen LogP contribution in [0.4, 0.5) is 15.8 Å². The summed E-state index contributed by atoms with van der Waals surface area (Å²) in [4.78, 5) is 4.86. The highest BCUT2D eigenvalue weighted by Gasteiger charge is 2.21. The molecule has 0 aromatic heterocycles. The third kappa shape index (κ3) is 4.21. The van der Waals surface area contributed by atoms with Gasteiger partial charge in [0.05, 0.1) is 4.90 Å². The van der Waals surface area contributed by atoms with Gasteiger partial charge < -0.3 is 9.80 Å². The molecule has 1 N–H and O–H groups in total. The van der Waals surface area contributed by atoms with Gasteiger partial charge in [-0.2, -0.15) is 0 Å². The van der Waals surface area contributed by atoms with E-state index in [9.17, 15) is 12.8 Å². The Bertz CT molecular complexity index is 1120. The van der Waals surface area contributed by atoms with Crippen LogP contribution in [0.25, 0.3) is 10.8 Å². The summed E-state index contributed by atoms with van der Waals surface area (Å²) in [5.41, 5.74) is 1.38. The van der Waals surface area contributed by atoms with Gasteiger partial charge in [0.25, 0.3) is 10.0 Å². The average Bonchev–Trinajstić information content (AvgIpc) is 2.93. The van der Waals surface area contributed by atoms with Gasteiger partial charge in [-0.05, 0) is 56.4 Å². The van der Waals surface area contributed by atoms with Crippen molar-refractivity contribution in [2.45, 2.75) is 11.3 Å². The summed E-state index contributed by atoms with van der Waals surface area (Å²) in [5.74, 6) is -0.411. The fourth-order valence-electron chi connectivity index (χ4n) is 3.78. The fraction of sp³-hybridized carbons (Fsp3) is 0.273. The van der Waals surface area contributed by atoms with E-state index in [0.717, 1.165) is 43.7 Å². The number of halogens is 1. The van der Waals surface area contributed by atoms with E-state index in [1.807, 2.05) is 30.3 Å². The second kappa shape index (κ2) is 8.00. The maximum Gasteiger partial charge on any atom is 0.262 e. The van der Waals surface area contributed by atoms with Gasteiger partial charge in [-0.15, -0.1) is 0 Å². The topological polar surface area (TPSA) is 52.7 Å². The molecule has 1 aliphatic rings. The Morgan fingerprint density at radius 2 is 1.59 bits per heavy atom. The molecular weight excluding hydrogens is 389 g/mol. The molecule has 0 radical (unpaired) electrons. The lowest BCUT2D eigenvalue weighted by molar-refractivity contribution is 0.360. The second-order valence-electron chi connectivity index (χ2n) is 7.38. The molecule has 0 unspecified atom stereocenters. The molecule has 5 nitrogen and oxygen atoms in total. The molecule has 4 rings (SSSR count). The van der Waals surface area contributed by atoms with Crippen LogP contribution in [0.1, 0.15) is 6.42 Å². The number of fused-ring (bicyclic) bond motifs is 1. The Balaban J connectivity index is 1.74. The van der Waals surface area contributed by atoms with Crippen LogP contribution >= 0.6 is 0 Å². The zero-order chi connectivity index (χ0) is 20.4. The van der Waals surface area contributed by atoms with E-state index < -0.39 is 15.8 Å². The SMILES string of the molecule is CN1CCCN(c2ccc(S(=O)(=O)Nc3ccc(F)cc3)c3ccccc23)CC1. The number of nitrogens with one attached hydrogen (secondary N) is 1. The fourth-order valence-corrected chi connectivity index (χ4v) is 5.05.